The molecule has 0 bridgehead atoms. The van der Waals surface area contributed by atoms with E-state index in [9.17, 15) is 0 Å². The smallest absolute Gasteiger partial charge is 0.0985 e. The van der Waals surface area contributed by atoms with Crippen LogP contribution in [0.1, 0.15) is 5.56 Å². The van der Waals surface area contributed by atoms with E-state index in [1.54, 1.807) is 7.11 Å². The van der Waals surface area contributed by atoms with Crippen LogP contribution >= 0.6 is 0 Å². The van der Waals surface area contributed by atoms with E-state index in [0.717, 1.165) is 13.3 Å². The summed E-state index contributed by atoms with van der Waals surface area (Å²) in [7, 11) is 5.55. The number of ether oxygens (including phenoxy) is 1. The van der Waals surface area contributed by atoms with Gasteiger partial charge in [-0.3, -0.25) is 4.90 Å². The van der Waals surface area contributed by atoms with Crippen molar-refractivity contribution in [1.29, 1.82) is 0 Å². The second kappa shape index (κ2) is 5.76. The van der Waals surface area contributed by atoms with Crippen LogP contribution < -0.4 is 0 Å². The molecule has 0 spiro atoms. The Balaban J connectivity index is 2.67. The molecule has 84 valence electrons. The molecule has 0 heterocycles. The van der Waals surface area contributed by atoms with Crippen LogP contribution in [0.25, 0.3) is 0 Å². The average Bonchev–Trinajstić information content (AvgIpc) is 2.17. The monoisotopic (exact) mass is 255 g/mol. The van der Waals surface area contributed by atoms with Gasteiger partial charge in [0.25, 0.3) is 0 Å². The lowest BCUT2D eigenvalue weighted by Crippen LogP contribution is -2.50. The lowest BCUT2D eigenvalue weighted by molar-refractivity contribution is 0.0550. The fourth-order valence-corrected chi connectivity index (χ4v) is 2.30. The molecule has 0 aromatic heterocycles. The predicted molar refractivity (Wildman–Crippen MR) is 76.4 cm³/mol. The highest BCUT2D eigenvalue weighted by atomic mass is 28.3. The van der Waals surface area contributed by atoms with E-state index in [1.165, 1.54) is 36.3 Å². The summed E-state index contributed by atoms with van der Waals surface area (Å²) in [6.45, 7) is 1.80. The number of hydrogen-bond acceptors (Lipinski definition) is 2. The quantitative estimate of drug-likeness (QED) is 0.437. The third kappa shape index (κ3) is 4.44. The molecule has 0 saturated carbocycles. The van der Waals surface area contributed by atoms with Gasteiger partial charge in [-0.05, 0) is 9.97 Å². The van der Waals surface area contributed by atoms with Crippen LogP contribution in [0, 0.1) is 0 Å². The number of hydrogen-bond donors (Lipinski definition) is 0. The first-order chi connectivity index (χ1) is 7.04. The third-order valence-corrected chi connectivity index (χ3v) is 4.35. The molecular weight excluding hydrogens is 234 g/mol. The number of rotatable bonds is 5. The van der Waals surface area contributed by atoms with Crippen molar-refractivity contribution in [1.82, 2.24) is 4.90 Å². The molecule has 0 unspecified atom stereocenters. The Bertz CT molecular complexity index is 286. The highest BCUT2D eigenvalue weighted by Gasteiger charge is 2.20. The minimum Gasteiger partial charge on any atom is -0.369 e. The topological polar surface area (TPSA) is 12.5 Å². The lowest BCUT2D eigenvalue weighted by Gasteiger charge is -2.35. The van der Waals surface area contributed by atoms with Gasteiger partial charge in [-0.15, -0.1) is 0 Å². The molecule has 5 heteroatoms. The molecule has 0 aliphatic rings. The second-order valence-corrected chi connectivity index (χ2v) is 18.1. The van der Waals surface area contributed by atoms with E-state index in [-0.39, 0.29) is 0 Å². The molecule has 0 saturated heterocycles. The molecule has 0 aliphatic carbocycles. The third-order valence-electron chi connectivity index (χ3n) is 2.45. The van der Waals surface area contributed by atoms with Crippen molar-refractivity contribution in [2.24, 2.45) is 0 Å². The molecule has 2 nitrogen and oxygen atoms in total. The summed E-state index contributed by atoms with van der Waals surface area (Å²) in [5.41, 5.74) is 1.39. The van der Waals surface area contributed by atoms with Gasteiger partial charge in [0, 0.05) is 44.4 Å². The zero-order chi connectivity index (χ0) is 11.3. The van der Waals surface area contributed by atoms with E-state index < -0.39 is 0 Å². The molecular formula is C10H21NOSi3. The molecule has 1 aromatic carbocycles. The van der Waals surface area contributed by atoms with Gasteiger partial charge >= 0.3 is 0 Å². The largest absolute Gasteiger partial charge is 0.369 e. The second-order valence-electron chi connectivity index (χ2n) is 4.77. The first kappa shape index (κ1) is 12.9. The summed E-state index contributed by atoms with van der Waals surface area (Å²) in [6.07, 6.45) is 0. The molecule has 0 aliphatic heterocycles. The maximum atomic E-state index is 5.30. The molecule has 15 heavy (non-hydrogen) atoms. The molecule has 1 aromatic rings. The zero-order valence-electron chi connectivity index (χ0n) is 10.2. The lowest BCUT2D eigenvalue weighted by atomic mass is 10.2. The first-order valence-electron chi connectivity index (χ1n) is 5.32. The summed E-state index contributed by atoms with van der Waals surface area (Å²) < 4.78 is 5.84. The Morgan fingerprint density at radius 3 is 2.27 bits per heavy atom. The van der Waals surface area contributed by atoms with Crippen LogP contribution in [0.5, 0.6) is 0 Å². The number of methoxy groups -OCH3 is 1. The van der Waals surface area contributed by atoms with Gasteiger partial charge in [-0.2, -0.15) is 0 Å². The maximum absolute atomic E-state index is 5.30. The van der Waals surface area contributed by atoms with Crippen molar-refractivity contribution >= 4 is 30.7 Å². The number of benzene rings is 1. The van der Waals surface area contributed by atoms with Gasteiger partial charge in [0.2, 0.25) is 0 Å². The summed E-state index contributed by atoms with van der Waals surface area (Å²) in [6, 6.07) is 10.7. The van der Waals surface area contributed by atoms with E-state index in [0.29, 0.717) is 4.41 Å². The Kier molecular flexibility index (Phi) is 4.94. The summed E-state index contributed by atoms with van der Waals surface area (Å²) in [4.78, 5) is 2.49. The molecule has 0 radical (unpaired) electrons. The fraction of sp³-hybridized carbons (Fsp3) is 0.400. The van der Waals surface area contributed by atoms with Crippen molar-refractivity contribution in [3.05, 3.63) is 35.9 Å². The maximum Gasteiger partial charge on any atom is 0.0985 e. The number of nitrogens with zero attached hydrogens (tertiary/aromatic N) is 1. The van der Waals surface area contributed by atoms with E-state index in [4.69, 9.17) is 4.74 Å². The SMILES string of the molecule is COCN(Cc1ccccc1)C([SiH3])([SiH3])[SiH3]. The van der Waals surface area contributed by atoms with Crippen molar-refractivity contribution in [2.45, 2.75) is 11.0 Å². The first-order valence-corrected chi connectivity index (χ1v) is 8.32. The van der Waals surface area contributed by atoms with Crippen LogP contribution in [0.2, 0.25) is 0 Å². The van der Waals surface area contributed by atoms with Crippen LogP contribution in [0.4, 0.5) is 0 Å². The molecule has 1 rings (SSSR count). The van der Waals surface area contributed by atoms with Gasteiger partial charge in [-0.25, -0.2) is 0 Å². The Morgan fingerprint density at radius 1 is 1.20 bits per heavy atom. The molecule has 0 amide bonds. The van der Waals surface area contributed by atoms with Crippen molar-refractivity contribution < 1.29 is 4.74 Å². The minimum atomic E-state index is 0.547. The van der Waals surface area contributed by atoms with E-state index in [1.807, 2.05) is 0 Å². The Labute approximate surface area is 101 Å². The van der Waals surface area contributed by atoms with Crippen molar-refractivity contribution in [2.75, 3.05) is 13.8 Å². The Morgan fingerprint density at radius 2 is 1.80 bits per heavy atom. The molecule has 0 atom stereocenters. The fourth-order valence-electron chi connectivity index (χ4n) is 1.44. The summed E-state index contributed by atoms with van der Waals surface area (Å²) >= 11 is 0. The normalized spacial score (nSPS) is 15.9. The van der Waals surface area contributed by atoms with Crippen LogP contribution in [0.3, 0.4) is 0 Å². The Hall–Kier alpha value is -0.209. The van der Waals surface area contributed by atoms with Crippen LogP contribution in [-0.4, -0.2) is 53.9 Å². The van der Waals surface area contributed by atoms with E-state index in [2.05, 4.69) is 35.2 Å². The van der Waals surface area contributed by atoms with Gasteiger partial charge in [0.05, 0.1) is 6.73 Å². The summed E-state index contributed by atoms with van der Waals surface area (Å²) in [5, 5.41) is 0. The highest BCUT2D eigenvalue weighted by molar-refractivity contribution is 6.59. The van der Waals surface area contributed by atoms with E-state index >= 15 is 0 Å². The van der Waals surface area contributed by atoms with Gasteiger partial charge in [-0.1, -0.05) is 30.3 Å². The van der Waals surface area contributed by atoms with Gasteiger partial charge in [0.15, 0.2) is 0 Å². The van der Waals surface area contributed by atoms with Crippen molar-refractivity contribution in [3.8, 4) is 0 Å². The van der Waals surface area contributed by atoms with Crippen LogP contribution in [-0.2, 0) is 11.3 Å². The van der Waals surface area contributed by atoms with Crippen molar-refractivity contribution in [3.63, 3.8) is 0 Å². The van der Waals surface area contributed by atoms with Gasteiger partial charge < -0.3 is 4.74 Å². The standard InChI is InChI=1S/C10H21NOSi3/c1-12-8-11(10(13,14)15)7-9-5-3-2-4-6-9/h2-6H,7-8H2,1,13-15H3. The molecule has 0 N–H and O–H groups in total. The highest BCUT2D eigenvalue weighted by Crippen LogP contribution is 2.09. The average molecular weight is 256 g/mol. The summed E-state index contributed by atoms with van der Waals surface area (Å²) in [5.74, 6) is 0. The molecule has 0 fully saturated rings. The van der Waals surface area contributed by atoms with Crippen LogP contribution in [0.15, 0.2) is 30.3 Å². The van der Waals surface area contributed by atoms with Gasteiger partial charge in [0.1, 0.15) is 0 Å². The predicted octanol–water partition coefficient (Wildman–Crippen LogP) is -2.20. The minimum absolute atomic E-state index is 0.547. The zero-order valence-corrected chi connectivity index (χ0v) is 16.2.